The lowest BCUT2D eigenvalue weighted by atomic mass is 9.96. The molecule has 6 heteroatoms. The van der Waals surface area contributed by atoms with Crippen molar-refractivity contribution in [2.75, 3.05) is 0 Å². The third-order valence-corrected chi connectivity index (χ3v) is 4.22. The molecule has 2 rings (SSSR count). The highest BCUT2D eigenvalue weighted by Gasteiger charge is 2.32. The topological polar surface area (TPSA) is 91.7 Å². The van der Waals surface area contributed by atoms with Gasteiger partial charge in [-0.05, 0) is 36.3 Å². The van der Waals surface area contributed by atoms with E-state index in [0.29, 0.717) is 5.56 Å². The predicted octanol–water partition coefficient (Wildman–Crippen LogP) is 1.24. The summed E-state index contributed by atoms with van der Waals surface area (Å²) in [7, 11) is -3.64. The Labute approximate surface area is 97.9 Å². The molecule has 0 amide bonds. The van der Waals surface area contributed by atoms with E-state index in [2.05, 4.69) is 0 Å². The SMILES string of the molecule is CC(C(=O)O)C1=CS(=O)(=O)c2cc(O)ccc21. The largest absolute Gasteiger partial charge is 0.508 e. The van der Waals surface area contributed by atoms with Gasteiger partial charge in [0.15, 0.2) is 0 Å². The van der Waals surface area contributed by atoms with Crippen LogP contribution in [0, 0.1) is 5.92 Å². The number of aliphatic carboxylic acids is 1. The first-order valence-electron chi connectivity index (χ1n) is 4.86. The van der Waals surface area contributed by atoms with E-state index in [9.17, 15) is 18.3 Å². The molecule has 1 atom stereocenters. The molecule has 0 aliphatic carbocycles. The number of rotatable bonds is 2. The third kappa shape index (κ3) is 1.80. The number of carboxylic acid groups (broad SMARTS) is 1. The normalized spacial score (nSPS) is 18.3. The molecule has 0 bridgehead atoms. The van der Waals surface area contributed by atoms with Crippen molar-refractivity contribution in [2.24, 2.45) is 5.92 Å². The standard InChI is InChI=1S/C11H10O5S/c1-6(11(13)14)9-5-17(15,16)10-4-7(12)2-3-8(9)10/h2-6,12H,1H3,(H,13,14). The maximum atomic E-state index is 11.8. The molecule has 0 saturated heterocycles. The first-order valence-corrected chi connectivity index (χ1v) is 6.40. The third-order valence-electron chi connectivity index (χ3n) is 2.70. The van der Waals surface area contributed by atoms with Crippen molar-refractivity contribution in [3.8, 4) is 5.75 Å². The van der Waals surface area contributed by atoms with Crippen LogP contribution in [0.4, 0.5) is 0 Å². The number of carboxylic acids is 1. The van der Waals surface area contributed by atoms with Crippen molar-refractivity contribution < 1.29 is 23.4 Å². The van der Waals surface area contributed by atoms with Crippen molar-refractivity contribution in [1.82, 2.24) is 0 Å². The van der Waals surface area contributed by atoms with Gasteiger partial charge in [0.1, 0.15) is 5.75 Å². The summed E-state index contributed by atoms with van der Waals surface area (Å²) in [5.41, 5.74) is 0.588. The quantitative estimate of drug-likeness (QED) is 0.828. The minimum atomic E-state index is -3.64. The summed E-state index contributed by atoms with van der Waals surface area (Å²) in [5.74, 6) is -2.16. The Hall–Kier alpha value is -1.82. The van der Waals surface area contributed by atoms with Crippen molar-refractivity contribution in [2.45, 2.75) is 11.8 Å². The number of hydrogen-bond donors (Lipinski definition) is 2. The van der Waals surface area contributed by atoms with Gasteiger partial charge in [0.25, 0.3) is 0 Å². The van der Waals surface area contributed by atoms with Gasteiger partial charge in [0, 0.05) is 5.41 Å². The second-order valence-corrected chi connectivity index (χ2v) is 5.62. The molecule has 5 nitrogen and oxygen atoms in total. The van der Waals surface area contributed by atoms with E-state index in [1.54, 1.807) is 0 Å². The molecule has 1 heterocycles. The predicted molar refractivity (Wildman–Crippen MR) is 60.1 cm³/mol. The van der Waals surface area contributed by atoms with Crippen LogP contribution in [0.25, 0.3) is 5.57 Å². The van der Waals surface area contributed by atoms with E-state index in [1.807, 2.05) is 0 Å². The number of phenols is 1. The summed E-state index contributed by atoms with van der Waals surface area (Å²) in [6, 6.07) is 3.88. The van der Waals surface area contributed by atoms with Gasteiger partial charge in [0.05, 0.1) is 10.8 Å². The molecular formula is C11H10O5S. The number of carbonyl (C=O) groups is 1. The summed E-state index contributed by atoms with van der Waals surface area (Å²) >= 11 is 0. The van der Waals surface area contributed by atoms with Crippen LogP contribution in [-0.2, 0) is 14.6 Å². The van der Waals surface area contributed by atoms with Gasteiger partial charge < -0.3 is 10.2 Å². The lowest BCUT2D eigenvalue weighted by Crippen LogP contribution is -2.10. The Balaban J connectivity index is 2.66. The average molecular weight is 254 g/mol. The van der Waals surface area contributed by atoms with Crippen LogP contribution in [0.2, 0.25) is 0 Å². The van der Waals surface area contributed by atoms with Crippen LogP contribution in [0.3, 0.4) is 0 Å². The number of sulfone groups is 1. The summed E-state index contributed by atoms with van der Waals surface area (Å²) in [5, 5.41) is 19.1. The van der Waals surface area contributed by atoms with Crippen LogP contribution < -0.4 is 0 Å². The molecule has 0 fully saturated rings. The molecular weight excluding hydrogens is 244 g/mol. The maximum absolute atomic E-state index is 11.8. The first-order chi connectivity index (χ1) is 7.83. The maximum Gasteiger partial charge on any atom is 0.310 e. The molecule has 2 N–H and O–H groups in total. The zero-order valence-electron chi connectivity index (χ0n) is 8.91. The highest BCUT2D eigenvalue weighted by Crippen LogP contribution is 2.39. The number of benzene rings is 1. The fourth-order valence-corrected chi connectivity index (χ4v) is 3.32. The fourth-order valence-electron chi connectivity index (χ4n) is 1.75. The number of phenolic OH excluding ortho intramolecular Hbond substituents is 1. The minimum absolute atomic E-state index is 0.0411. The zero-order chi connectivity index (χ0) is 12.8. The van der Waals surface area contributed by atoms with E-state index in [0.717, 1.165) is 11.5 Å². The number of fused-ring (bicyclic) bond motifs is 1. The molecule has 1 aromatic rings. The average Bonchev–Trinajstić information content (AvgIpc) is 2.50. The first kappa shape index (κ1) is 11.7. The van der Waals surface area contributed by atoms with Crippen LogP contribution in [0.15, 0.2) is 28.5 Å². The molecule has 1 aromatic carbocycles. The van der Waals surface area contributed by atoms with Crippen molar-refractivity contribution in [3.63, 3.8) is 0 Å². The Kier molecular flexibility index (Phi) is 2.46. The molecule has 1 unspecified atom stereocenters. The molecule has 0 spiro atoms. The van der Waals surface area contributed by atoms with Gasteiger partial charge in [-0.3, -0.25) is 4.79 Å². The van der Waals surface area contributed by atoms with Crippen molar-refractivity contribution in [3.05, 3.63) is 29.2 Å². The van der Waals surface area contributed by atoms with Gasteiger partial charge in [-0.15, -0.1) is 0 Å². The highest BCUT2D eigenvalue weighted by molar-refractivity contribution is 7.95. The highest BCUT2D eigenvalue weighted by atomic mass is 32.2. The van der Waals surface area contributed by atoms with Crippen LogP contribution in [0.5, 0.6) is 5.75 Å². The van der Waals surface area contributed by atoms with Crippen LogP contribution in [-0.4, -0.2) is 24.6 Å². The lowest BCUT2D eigenvalue weighted by Gasteiger charge is -2.08. The molecule has 17 heavy (non-hydrogen) atoms. The second-order valence-electron chi connectivity index (χ2n) is 3.86. The number of hydrogen-bond acceptors (Lipinski definition) is 4. The molecule has 0 aromatic heterocycles. The Morgan fingerprint density at radius 3 is 2.59 bits per heavy atom. The van der Waals surface area contributed by atoms with Gasteiger partial charge >= 0.3 is 5.97 Å². The van der Waals surface area contributed by atoms with E-state index in [1.165, 1.54) is 19.1 Å². The summed E-state index contributed by atoms with van der Waals surface area (Å²) < 4.78 is 23.5. The van der Waals surface area contributed by atoms with Crippen molar-refractivity contribution >= 4 is 21.4 Å². The van der Waals surface area contributed by atoms with E-state index in [-0.39, 0.29) is 16.2 Å². The molecule has 1 aliphatic rings. The monoisotopic (exact) mass is 254 g/mol. The fraction of sp³-hybridized carbons (Fsp3) is 0.182. The smallest absolute Gasteiger partial charge is 0.310 e. The van der Waals surface area contributed by atoms with Gasteiger partial charge in [-0.25, -0.2) is 8.42 Å². The zero-order valence-corrected chi connectivity index (χ0v) is 9.73. The van der Waals surface area contributed by atoms with E-state index < -0.39 is 21.7 Å². The molecule has 90 valence electrons. The van der Waals surface area contributed by atoms with Gasteiger partial charge in [-0.2, -0.15) is 0 Å². The number of aromatic hydroxyl groups is 1. The molecule has 0 radical (unpaired) electrons. The second kappa shape index (κ2) is 3.59. The lowest BCUT2D eigenvalue weighted by molar-refractivity contribution is -0.139. The Bertz CT molecular complexity index is 627. The van der Waals surface area contributed by atoms with Gasteiger partial charge in [0.2, 0.25) is 9.84 Å². The summed E-state index contributed by atoms with van der Waals surface area (Å²) in [4.78, 5) is 10.8. The molecule has 0 saturated carbocycles. The van der Waals surface area contributed by atoms with E-state index >= 15 is 0 Å². The van der Waals surface area contributed by atoms with E-state index in [4.69, 9.17) is 5.11 Å². The summed E-state index contributed by atoms with van der Waals surface area (Å²) in [6.45, 7) is 1.42. The Morgan fingerprint density at radius 1 is 1.35 bits per heavy atom. The van der Waals surface area contributed by atoms with Crippen molar-refractivity contribution in [1.29, 1.82) is 0 Å². The molecule has 1 aliphatic heterocycles. The van der Waals surface area contributed by atoms with Gasteiger partial charge in [-0.1, -0.05) is 0 Å². The minimum Gasteiger partial charge on any atom is -0.508 e. The Morgan fingerprint density at radius 2 is 2.00 bits per heavy atom. The van der Waals surface area contributed by atoms with Crippen LogP contribution >= 0.6 is 0 Å². The summed E-state index contributed by atoms with van der Waals surface area (Å²) in [6.07, 6.45) is 0. The van der Waals surface area contributed by atoms with Crippen LogP contribution in [0.1, 0.15) is 12.5 Å².